The van der Waals surface area contributed by atoms with Crippen molar-refractivity contribution in [3.63, 3.8) is 0 Å². The molecule has 7 nitrogen and oxygen atoms in total. The Kier molecular flexibility index (Phi) is 6.49. The van der Waals surface area contributed by atoms with Gasteiger partial charge in [-0.3, -0.25) is 4.79 Å². The van der Waals surface area contributed by atoms with E-state index in [1.807, 2.05) is 30.3 Å². The molecule has 3 rings (SSSR count). The van der Waals surface area contributed by atoms with Crippen LogP contribution in [-0.4, -0.2) is 70.9 Å². The lowest BCUT2D eigenvalue weighted by Crippen LogP contribution is -2.53. The van der Waals surface area contributed by atoms with Crippen LogP contribution in [0, 0.1) is 0 Å². The second kappa shape index (κ2) is 9.23. The van der Waals surface area contributed by atoms with Gasteiger partial charge in [0.05, 0.1) is 12.0 Å². The number of nitrogens with zero attached hydrogens (tertiary/aromatic N) is 3. The lowest BCUT2D eigenvalue weighted by Gasteiger charge is -2.36. The van der Waals surface area contributed by atoms with E-state index in [0.29, 0.717) is 38.3 Å². The van der Waals surface area contributed by atoms with Crippen LogP contribution in [0.2, 0.25) is 0 Å². The van der Waals surface area contributed by atoms with Crippen molar-refractivity contribution < 1.29 is 19.5 Å². The third kappa shape index (κ3) is 5.34. The van der Waals surface area contributed by atoms with Crippen molar-refractivity contribution in [2.75, 3.05) is 33.2 Å². The van der Waals surface area contributed by atoms with E-state index in [1.165, 1.54) is 12.1 Å². The van der Waals surface area contributed by atoms with Crippen LogP contribution in [0.4, 0.5) is 4.79 Å². The molecule has 1 aliphatic heterocycles. The molecule has 1 aliphatic rings. The predicted octanol–water partition coefficient (Wildman–Crippen LogP) is 2.32. The molecule has 1 N–H and O–H groups in total. The van der Waals surface area contributed by atoms with E-state index in [2.05, 4.69) is 0 Å². The van der Waals surface area contributed by atoms with E-state index in [9.17, 15) is 14.4 Å². The molecule has 152 valence electrons. The minimum absolute atomic E-state index is 0.0462. The number of carboxylic acid groups (broad SMARTS) is 1. The summed E-state index contributed by atoms with van der Waals surface area (Å²) in [5.74, 6) is -1.07. The number of carboxylic acids is 1. The maximum atomic E-state index is 12.7. The average Bonchev–Trinajstić information content (AvgIpc) is 2.74. The Morgan fingerprint density at radius 3 is 2.17 bits per heavy atom. The van der Waals surface area contributed by atoms with Crippen molar-refractivity contribution >= 4 is 17.9 Å². The Morgan fingerprint density at radius 1 is 0.897 bits per heavy atom. The fourth-order valence-corrected chi connectivity index (χ4v) is 3.41. The number of carbonyl (C=O) groups is 3. The first-order valence-electron chi connectivity index (χ1n) is 9.58. The van der Waals surface area contributed by atoms with Crippen molar-refractivity contribution in [3.8, 4) is 0 Å². The minimum Gasteiger partial charge on any atom is -0.478 e. The first-order chi connectivity index (χ1) is 13.9. The van der Waals surface area contributed by atoms with Crippen LogP contribution in [0.5, 0.6) is 0 Å². The summed E-state index contributed by atoms with van der Waals surface area (Å²) in [6, 6.07) is 16.2. The molecule has 0 spiro atoms. The molecular formula is C22H25N3O4. The van der Waals surface area contributed by atoms with Crippen molar-refractivity contribution in [2.24, 2.45) is 0 Å². The second-order valence-corrected chi connectivity index (χ2v) is 7.17. The highest BCUT2D eigenvalue weighted by atomic mass is 16.4. The van der Waals surface area contributed by atoms with Crippen LogP contribution in [-0.2, 0) is 17.8 Å². The van der Waals surface area contributed by atoms with Crippen molar-refractivity contribution in [3.05, 3.63) is 71.3 Å². The van der Waals surface area contributed by atoms with E-state index in [4.69, 9.17) is 5.11 Å². The predicted molar refractivity (Wildman–Crippen MR) is 109 cm³/mol. The fourth-order valence-electron chi connectivity index (χ4n) is 3.41. The number of rotatable bonds is 5. The number of piperazine rings is 1. The van der Waals surface area contributed by atoms with Gasteiger partial charge >= 0.3 is 12.0 Å². The minimum atomic E-state index is -1.01. The van der Waals surface area contributed by atoms with Crippen LogP contribution in [0.3, 0.4) is 0 Å². The lowest BCUT2D eigenvalue weighted by molar-refractivity contribution is -0.131. The first-order valence-corrected chi connectivity index (χ1v) is 9.58. The molecule has 1 saturated heterocycles. The Hall–Kier alpha value is -3.35. The summed E-state index contributed by atoms with van der Waals surface area (Å²) in [5.41, 5.74) is 1.92. The van der Waals surface area contributed by atoms with Gasteiger partial charge < -0.3 is 19.8 Å². The highest BCUT2D eigenvalue weighted by molar-refractivity contribution is 5.88. The van der Waals surface area contributed by atoms with Gasteiger partial charge in [-0.15, -0.1) is 0 Å². The topological polar surface area (TPSA) is 81.2 Å². The standard InChI is InChI=1S/C22H25N3O4/c1-23(16-17-6-3-2-4-7-17)22(29)25-12-10-24(11-13-25)20(26)15-18-8-5-9-19(14-18)21(27)28/h2-9,14H,10-13,15-16H2,1H3,(H,27,28). The number of benzene rings is 2. The number of aromatic carboxylic acids is 1. The largest absolute Gasteiger partial charge is 0.478 e. The highest BCUT2D eigenvalue weighted by Crippen LogP contribution is 2.12. The molecule has 0 aromatic heterocycles. The van der Waals surface area contributed by atoms with E-state index in [0.717, 1.165) is 5.56 Å². The zero-order valence-electron chi connectivity index (χ0n) is 16.5. The lowest BCUT2D eigenvalue weighted by atomic mass is 10.1. The van der Waals surface area contributed by atoms with Gasteiger partial charge in [-0.1, -0.05) is 42.5 Å². The van der Waals surface area contributed by atoms with Crippen molar-refractivity contribution in [1.29, 1.82) is 0 Å². The van der Waals surface area contributed by atoms with Crippen molar-refractivity contribution in [1.82, 2.24) is 14.7 Å². The third-order valence-corrected chi connectivity index (χ3v) is 5.02. The number of carbonyl (C=O) groups excluding carboxylic acids is 2. The van der Waals surface area contributed by atoms with Gasteiger partial charge in [0, 0.05) is 39.8 Å². The Bertz CT molecular complexity index is 877. The Labute approximate surface area is 170 Å². The van der Waals surface area contributed by atoms with E-state index in [-0.39, 0.29) is 23.9 Å². The summed E-state index contributed by atoms with van der Waals surface area (Å²) in [5, 5.41) is 9.07. The van der Waals surface area contributed by atoms with Crippen LogP contribution in [0.15, 0.2) is 54.6 Å². The molecule has 2 aromatic rings. The molecule has 1 heterocycles. The summed E-state index contributed by atoms with van der Waals surface area (Å²) in [7, 11) is 1.78. The first kappa shape index (κ1) is 20.4. The fraction of sp³-hybridized carbons (Fsp3) is 0.318. The summed E-state index contributed by atoms with van der Waals surface area (Å²) in [6.07, 6.45) is 0.156. The number of hydrogen-bond donors (Lipinski definition) is 1. The molecule has 3 amide bonds. The second-order valence-electron chi connectivity index (χ2n) is 7.17. The summed E-state index contributed by atoms with van der Waals surface area (Å²) < 4.78 is 0. The van der Waals surface area contributed by atoms with Gasteiger partial charge in [-0.2, -0.15) is 0 Å². The van der Waals surface area contributed by atoms with Crippen LogP contribution >= 0.6 is 0 Å². The molecule has 0 saturated carbocycles. The zero-order valence-corrected chi connectivity index (χ0v) is 16.5. The zero-order chi connectivity index (χ0) is 20.8. The summed E-state index contributed by atoms with van der Waals surface area (Å²) in [4.78, 5) is 41.5. The molecule has 0 atom stereocenters. The van der Waals surface area contributed by atoms with E-state index in [1.54, 1.807) is 33.9 Å². The van der Waals surface area contributed by atoms with Gasteiger partial charge in [0.1, 0.15) is 0 Å². The van der Waals surface area contributed by atoms with Crippen LogP contribution < -0.4 is 0 Å². The summed E-state index contributed by atoms with van der Waals surface area (Å²) >= 11 is 0. The van der Waals surface area contributed by atoms with Crippen molar-refractivity contribution in [2.45, 2.75) is 13.0 Å². The van der Waals surface area contributed by atoms with E-state index >= 15 is 0 Å². The van der Waals surface area contributed by atoms with Crippen LogP contribution in [0.1, 0.15) is 21.5 Å². The summed E-state index contributed by atoms with van der Waals surface area (Å²) in [6.45, 7) is 2.46. The highest BCUT2D eigenvalue weighted by Gasteiger charge is 2.26. The third-order valence-electron chi connectivity index (χ3n) is 5.02. The quantitative estimate of drug-likeness (QED) is 0.843. The Balaban J connectivity index is 1.50. The number of urea groups is 1. The van der Waals surface area contributed by atoms with Gasteiger partial charge in [0.25, 0.3) is 0 Å². The monoisotopic (exact) mass is 395 g/mol. The SMILES string of the molecule is CN(Cc1ccccc1)C(=O)N1CCN(C(=O)Cc2cccc(C(=O)O)c2)CC1. The van der Waals surface area contributed by atoms with Gasteiger partial charge in [0.2, 0.25) is 5.91 Å². The molecule has 2 aromatic carbocycles. The molecule has 0 bridgehead atoms. The van der Waals surface area contributed by atoms with Gasteiger partial charge in [-0.25, -0.2) is 9.59 Å². The van der Waals surface area contributed by atoms with Gasteiger partial charge in [0.15, 0.2) is 0 Å². The molecular weight excluding hydrogens is 370 g/mol. The number of hydrogen-bond acceptors (Lipinski definition) is 3. The van der Waals surface area contributed by atoms with E-state index < -0.39 is 5.97 Å². The molecule has 0 unspecified atom stereocenters. The molecule has 7 heteroatoms. The molecule has 0 aliphatic carbocycles. The molecule has 29 heavy (non-hydrogen) atoms. The average molecular weight is 395 g/mol. The molecule has 1 fully saturated rings. The maximum Gasteiger partial charge on any atom is 0.335 e. The number of amides is 3. The van der Waals surface area contributed by atoms with Crippen LogP contribution in [0.25, 0.3) is 0 Å². The Morgan fingerprint density at radius 2 is 1.52 bits per heavy atom. The van der Waals surface area contributed by atoms with Gasteiger partial charge in [-0.05, 0) is 23.3 Å². The molecule has 0 radical (unpaired) electrons. The normalized spacial score (nSPS) is 13.8. The smallest absolute Gasteiger partial charge is 0.335 e. The maximum absolute atomic E-state index is 12.7.